The van der Waals surface area contributed by atoms with Crippen molar-refractivity contribution in [1.29, 1.82) is 0 Å². The summed E-state index contributed by atoms with van der Waals surface area (Å²) in [5.74, 6) is 1.01. The van der Waals surface area contributed by atoms with Gasteiger partial charge in [0.05, 0.1) is 6.20 Å². The molecule has 2 aliphatic rings. The molecular weight excluding hydrogens is 372 g/mol. The van der Waals surface area contributed by atoms with Crippen LogP contribution in [0.3, 0.4) is 0 Å². The molecular formula is C25H28N4O. The van der Waals surface area contributed by atoms with Crippen LogP contribution in [0.5, 0.6) is 0 Å². The quantitative estimate of drug-likeness (QED) is 0.678. The minimum Gasteiger partial charge on any atom is -0.352 e. The highest BCUT2D eigenvalue weighted by Gasteiger charge is 2.24. The summed E-state index contributed by atoms with van der Waals surface area (Å²) >= 11 is 0. The lowest BCUT2D eigenvalue weighted by Crippen LogP contribution is -2.38. The molecule has 0 bridgehead atoms. The van der Waals surface area contributed by atoms with E-state index in [9.17, 15) is 4.79 Å². The van der Waals surface area contributed by atoms with Crippen molar-refractivity contribution in [2.24, 2.45) is 0 Å². The third kappa shape index (κ3) is 3.64. The Balaban J connectivity index is 1.52. The number of nitrogens with zero attached hydrogens (tertiary/aromatic N) is 3. The van der Waals surface area contributed by atoms with Crippen LogP contribution in [0.15, 0.2) is 42.6 Å². The summed E-state index contributed by atoms with van der Waals surface area (Å²) in [5, 5.41) is 14.1. The topological polar surface area (TPSA) is 58.1 Å². The highest BCUT2D eigenvalue weighted by Crippen LogP contribution is 2.33. The van der Waals surface area contributed by atoms with Gasteiger partial charge in [0.15, 0.2) is 5.82 Å². The lowest BCUT2D eigenvalue weighted by molar-refractivity contribution is 0.0951. The molecule has 1 amide bonds. The summed E-state index contributed by atoms with van der Waals surface area (Å²) in [6.07, 6.45) is 7.71. The number of rotatable bonds is 4. The number of benzene rings is 2. The molecule has 5 nitrogen and oxygen atoms in total. The normalized spacial score (nSPS) is 19.1. The first-order valence-electron chi connectivity index (χ1n) is 11.0. The van der Waals surface area contributed by atoms with Gasteiger partial charge in [0, 0.05) is 35.0 Å². The standard InChI is InChI=1S/C25H28N4O/c1-16-6-7-19(25(30)27-21-9-10-21)14-23(16)18-8-11-22-20(13-18)15-26-28-24(22)29-12-4-3-5-17(29)2/h6-8,11,13-15,17,21H,3-5,9-10,12H2,1-2H3,(H,27,30)/t17-/m1/s1. The van der Waals surface area contributed by atoms with Gasteiger partial charge in [-0.1, -0.05) is 12.1 Å². The molecule has 1 aliphatic heterocycles. The predicted octanol–water partition coefficient (Wildman–Crippen LogP) is 4.88. The Hall–Kier alpha value is -2.95. The minimum absolute atomic E-state index is 0.0202. The monoisotopic (exact) mass is 400 g/mol. The summed E-state index contributed by atoms with van der Waals surface area (Å²) in [5.41, 5.74) is 4.07. The van der Waals surface area contributed by atoms with Crippen LogP contribution in [-0.4, -0.2) is 34.7 Å². The Morgan fingerprint density at radius 2 is 1.97 bits per heavy atom. The van der Waals surface area contributed by atoms with Crippen LogP contribution < -0.4 is 10.2 Å². The van der Waals surface area contributed by atoms with Crippen molar-refractivity contribution in [3.8, 4) is 11.1 Å². The zero-order valence-corrected chi connectivity index (χ0v) is 17.7. The van der Waals surface area contributed by atoms with Gasteiger partial charge in [-0.2, -0.15) is 5.10 Å². The van der Waals surface area contributed by atoms with E-state index in [2.05, 4.69) is 52.5 Å². The Morgan fingerprint density at radius 3 is 2.77 bits per heavy atom. The van der Waals surface area contributed by atoms with E-state index < -0.39 is 0 Å². The molecule has 1 aromatic heterocycles. The average Bonchev–Trinajstić information content (AvgIpc) is 3.57. The van der Waals surface area contributed by atoms with Crippen LogP contribution in [0.1, 0.15) is 54.9 Å². The fourth-order valence-corrected chi connectivity index (χ4v) is 4.44. The first-order chi connectivity index (χ1) is 14.6. The minimum atomic E-state index is 0.0202. The Bertz CT molecular complexity index is 1110. The van der Waals surface area contributed by atoms with E-state index in [-0.39, 0.29) is 5.91 Å². The number of amides is 1. The molecule has 3 aromatic rings. The van der Waals surface area contributed by atoms with E-state index in [0.717, 1.165) is 58.2 Å². The largest absolute Gasteiger partial charge is 0.352 e. The first kappa shape index (κ1) is 19.0. The molecule has 0 radical (unpaired) electrons. The van der Waals surface area contributed by atoms with Gasteiger partial charge in [-0.25, -0.2) is 0 Å². The first-order valence-corrected chi connectivity index (χ1v) is 11.0. The van der Waals surface area contributed by atoms with Gasteiger partial charge in [0.2, 0.25) is 0 Å². The van der Waals surface area contributed by atoms with Gasteiger partial charge in [-0.15, -0.1) is 5.10 Å². The Morgan fingerprint density at radius 1 is 1.10 bits per heavy atom. The summed E-state index contributed by atoms with van der Waals surface area (Å²) in [4.78, 5) is 14.9. The second-order valence-corrected chi connectivity index (χ2v) is 8.79. The van der Waals surface area contributed by atoms with Crippen molar-refractivity contribution in [1.82, 2.24) is 15.5 Å². The molecule has 0 unspecified atom stereocenters. The molecule has 1 saturated heterocycles. The van der Waals surface area contributed by atoms with Crippen LogP contribution in [0.4, 0.5) is 5.82 Å². The van der Waals surface area contributed by atoms with Crippen molar-refractivity contribution in [3.63, 3.8) is 0 Å². The Kier molecular flexibility index (Phi) is 4.89. The smallest absolute Gasteiger partial charge is 0.251 e. The lowest BCUT2D eigenvalue weighted by Gasteiger charge is -2.34. The zero-order valence-electron chi connectivity index (χ0n) is 17.7. The summed E-state index contributed by atoms with van der Waals surface area (Å²) in [6.45, 7) is 5.40. The van der Waals surface area contributed by atoms with Crippen LogP contribution in [0.25, 0.3) is 21.9 Å². The number of piperidine rings is 1. The molecule has 30 heavy (non-hydrogen) atoms. The number of carbonyl (C=O) groups is 1. The summed E-state index contributed by atoms with van der Waals surface area (Å²) in [6, 6.07) is 13.3. The maximum absolute atomic E-state index is 12.5. The van der Waals surface area contributed by atoms with Gasteiger partial charge in [-0.05, 0) is 86.9 Å². The van der Waals surface area contributed by atoms with Crippen molar-refractivity contribution in [2.45, 2.75) is 58.0 Å². The van der Waals surface area contributed by atoms with E-state index in [1.165, 1.54) is 19.3 Å². The molecule has 1 saturated carbocycles. The zero-order chi connectivity index (χ0) is 20.7. The lowest BCUT2D eigenvalue weighted by atomic mass is 9.96. The van der Waals surface area contributed by atoms with E-state index >= 15 is 0 Å². The number of anilines is 1. The maximum atomic E-state index is 12.5. The van der Waals surface area contributed by atoms with Gasteiger partial charge < -0.3 is 10.2 Å². The molecule has 1 aliphatic carbocycles. The second-order valence-electron chi connectivity index (χ2n) is 8.79. The number of carbonyl (C=O) groups excluding carboxylic acids is 1. The number of aryl methyl sites for hydroxylation is 1. The van der Waals surface area contributed by atoms with Gasteiger partial charge in [0.1, 0.15) is 0 Å². The van der Waals surface area contributed by atoms with E-state index in [1.807, 2.05) is 24.4 Å². The van der Waals surface area contributed by atoms with E-state index in [0.29, 0.717) is 12.1 Å². The Labute approximate surface area is 177 Å². The third-order valence-corrected chi connectivity index (χ3v) is 6.44. The second kappa shape index (κ2) is 7.71. The molecule has 2 fully saturated rings. The van der Waals surface area contributed by atoms with Gasteiger partial charge in [0.25, 0.3) is 5.91 Å². The number of nitrogens with one attached hydrogen (secondary N) is 1. The van der Waals surface area contributed by atoms with Crippen LogP contribution >= 0.6 is 0 Å². The van der Waals surface area contributed by atoms with E-state index in [4.69, 9.17) is 0 Å². The fraction of sp³-hybridized carbons (Fsp3) is 0.400. The third-order valence-electron chi connectivity index (χ3n) is 6.44. The number of aromatic nitrogens is 2. The maximum Gasteiger partial charge on any atom is 0.251 e. The molecule has 1 atom stereocenters. The SMILES string of the molecule is Cc1ccc(C(=O)NC2CC2)cc1-c1ccc2c(N3CCCC[C@H]3C)nncc2c1. The van der Waals surface area contributed by atoms with Gasteiger partial charge >= 0.3 is 0 Å². The van der Waals surface area contributed by atoms with Crippen molar-refractivity contribution >= 4 is 22.5 Å². The predicted molar refractivity (Wildman–Crippen MR) is 121 cm³/mol. The molecule has 0 spiro atoms. The molecule has 2 aromatic carbocycles. The van der Waals surface area contributed by atoms with Crippen molar-refractivity contribution < 1.29 is 4.79 Å². The molecule has 2 heterocycles. The van der Waals surface area contributed by atoms with E-state index in [1.54, 1.807) is 0 Å². The van der Waals surface area contributed by atoms with Crippen molar-refractivity contribution in [2.75, 3.05) is 11.4 Å². The van der Waals surface area contributed by atoms with Crippen LogP contribution in [-0.2, 0) is 0 Å². The highest BCUT2D eigenvalue weighted by atomic mass is 16.1. The molecule has 1 N–H and O–H groups in total. The van der Waals surface area contributed by atoms with Crippen LogP contribution in [0, 0.1) is 6.92 Å². The average molecular weight is 401 g/mol. The van der Waals surface area contributed by atoms with Gasteiger partial charge in [-0.3, -0.25) is 4.79 Å². The molecule has 5 heteroatoms. The molecule has 5 rings (SSSR count). The summed E-state index contributed by atoms with van der Waals surface area (Å²) in [7, 11) is 0. The van der Waals surface area contributed by atoms with Crippen molar-refractivity contribution in [3.05, 3.63) is 53.7 Å². The number of hydrogen-bond donors (Lipinski definition) is 1. The molecule has 154 valence electrons. The highest BCUT2D eigenvalue weighted by molar-refractivity contribution is 5.98. The summed E-state index contributed by atoms with van der Waals surface area (Å²) < 4.78 is 0. The fourth-order valence-electron chi connectivity index (χ4n) is 4.44. The number of fused-ring (bicyclic) bond motifs is 1. The van der Waals surface area contributed by atoms with Crippen LogP contribution in [0.2, 0.25) is 0 Å². The number of hydrogen-bond acceptors (Lipinski definition) is 4.